The molecule has 1 unspecified atom stereocenters. The Balaban J connectivity index is 2.07. The summed E-state index contributed by atoms with van der Waals surface area (Å²) in [6.45, 7) is 0.384. The van der Waals surface area contributed by atoms with Gasteiger partial charge in [-0.05, 0) is 54.1 Å². The fourth-order valence-electron chi connectivity index (χ4n) is 2.06. The van der Waals surface area contributed by atoms with Crippen LogP contribution in [0.1, 0.15) is 11.3 Å². The fraction of sp³-hybridized carbons (Fsp3) is 0.312. The normalized spacial score (nSPS) is 12.7. The van der Waals surface area contributed by atoms with Crippen molar-refractivity contribution in [1.29, 1.82) is 0 Å². The number of halogens is 1. The lowest BCUT2D eigenvalue weighted by atomic mass is 10.2. The molecule has 0 aliphatic rings. The van der Waals surface area contributed by atoms with Crippen LogP contribution in [0.4, 0.5) is 0 Å². The maximum Gasteiger partial charge on any atom is 0.241 e. The zero-order chi connectivity index (χ0) is 18.3. The van der Waals surface area contributed by atoms with Gasteiger partial charge in [-0.15, -0.1) is 11.3 Å². The highest BCUT2D eigenvalue weighted by Crippen LogP contribution is 2.15. The van der Waals surface area contributed by atoms with Gasteiger partial charge in [-0.2, -0.15) is 16.5 Å². The molecule has 0 bridgehead atoms. The zero-order valence-corrected chi connectivity index (χ0v) is 16.8. The van der Waals surface area contributed by atoms with Gasteiger partial charge in [-0.3, -0.25) is 4.79 Å². The summed E-state index contributed by atoms with van der Waals surface area (Å²) in [5, 5.41) is 5.17. The molecular formula is C16H19ClN2O3S3. The highest BCUT2D eigenvalue weighted by atomic mass is 35.5. The fourth-order valence-corrected chi connectivity index (χ4v) is 4.53. The second-order valence-corrected chi connectivity index (χ2v) is 9.37. The number of nitrogens with one attached hydrogen (secondary N) is 2. The molecule has 0 saturated carbocycles. The number of thioether (sulfide) groups is 1. The average Bonchev–Trinajstić information content (AvgIpc) is 3.10. The Hall–Kier alpha value is -1.06. The molecule has 2 N–H and O–H groups in total. The van der Waals surface area contributed by atoms with Crippen LogP contribution in [0.3, 0.4) is 0 Å². The first-order valence-corrected chi connectivity index (χ1v) is 11.6. The summed E-state index contributed by atoms with van der Waals surface area (Å²) < 4.78 is 27.5. The van der Waals surface area contributed by atoms with Crippen molar-refractivity contribution in [2.75, 3.05) is 12.0 Å². The monoisotopic (exact) mass is 418 g/mol. The molecule has 0 spiro atoms. The van der Waals surface area contributed by atoms with Gasteiger partial charge in [0.1, 0.15) is 6.04 Å². The molecule has 1 heterocycles. The van der Waals surface area contributed by atoms with Crippen LogP contribution in [0.15, 0.2) is 46.7 Å². The molecule has 1 aromatic heterocycles. The van der Waals surface area contributed by atoms with Crippen LogP contribution in [-0.4, -0.2) is 32.4 Å². The Morgan fingerprint density at radius 3 is 2.60 bits per heavy atom. The van der Waals surface area contributed by atoms with Crippen molar-refractivity contribution in [1.82, 2.24) is 10.0 Å². The minimum absolute atomic E-state index is 0.0807. The van der Waals surface area contributed by atoms with Gasteiger partial charge >= 0.3 is 0 Å². The van der Waals surface area contributed by atoms with E-state index in [1.807, 2.05) is 23.8 Å². The number of sulfonamides is 1. The number of hydrogen-bond donors (Lipinski definition) is 2. The third-order valence-corrected chi connectivity index (χ3v) is 6.63. The van der Waals surface area contributed by atoms with Gasteiger partial charge in [0.15, 0.2) is 0 Å². The van der Waals surface area contributed by atoms with Crippen molar-refractivity contribution in [3.8, 4) is 0 Å². The Morgan fingerprint density at radius 2 is 2.00 bits per heavy atom. The second-order valence-electron chi connectivity index (χ2n) is 5.21. The van der Waals surface area contributed by atoms with Crippen LogP contribution in [0, 0.1) is 0 Å². The van der Waals surface area contributed by atoms with E-state index < -0.39 is 16.1 Å². The van der Waals surface area contributed by atoms with Crippen LogP contribution in [0.2, 0.25) is 5.02 Å². The Morgan fingerprint density at radius 1 is 1.28 bits per heavy atom. The molecule has 25 heavy (non-hydrogen) atoms. The molecule has 0 radical (unpaired) electrons. The topological polar surface area (TPSA) is 75.3 Å². The molecule has 0 saturated heterocycles. The van der Waals surface area contributed by atoms with E-state index in [0.717, 1.165) is 4.88 Å². The molecule has 0 aliphatic heterocycles. The van der Waals surface area contributed by atoms with Crippen LogP contribution in [0.5, 0.6) is 0 Å². The van der Waals surface area contributed by atoms with E-state index in [1.165, 1.54) is 35.6 Å². The van der Waals surface area contributed by atoms with Crippen LogP contribution < -0.4 is 10.0 Å². The highest BCUT2D eigenvalue weighted by Gasteiger charge is 2.25. The molecule has 0 aliphatic carbocycles. The summed E-state index contributed by atoms with van der Waals surface area (Å²) in [5.74, 6) is 0.334. The zero-order valence-electron chi connectivity index (χ0n) is 13.6. The minimum atomic E-state index is -3.80. The molecule has 5 nitrogen and oxygen atoms in total. The number of thiophene rings is 1. The van der Waals surface area contributed by atoms with E-state index in [-0.39, 0.29) is 10.8 Å². The molecule has 1 atom stereocenters. The van der Waals surface area contributed by atoms with Gasteiger partial charge in [0.25, 0.3) is 0 Å². The van der Waals surface area contributed by atoms with Gasteiger partial charge in [0, 0.05) is 9.90 Å². The van der Waals surface area contributed by atoms with E-state index in [1.54, 1.807) is 11.8 Å². The predicted octanol–water partition coefficient (Wildman–Crippen LogP) is 3.12. The Labute approximate surface area is 161 Å². The first kappa shape index (κ1) is 20.3. The molecule has 0 fully saturated rings. The number of amides is 1. The summed E-state index contributed by atoms with van der Waals surface area (Å²) in [5.41, 5.74) is 0. The van der Waals surface area contributed by atoms with Gasteiger partial charge in [-0.1, -0.05) is 17.7 Å². The van der Waals surface area contributed by atoms with E-state index in [2.05, 4.69) is 10.0 Å². The Kier molecular flexibility index (Phi) is 7.77. The van der Waals surface area contributed by atoms with Gasteiger partial charge in [-0.25, -0.2) is 8.42 Å². The van der Waals surface area contributed by atoms with Gasteiger partial charge < -0.3 is 5.32 Å². The smallest absolute Gasteiger partial charge is 0.241 e. The molecular weight excluding hydrogens is 400 g/mol. The summed E-state index contributed by atoms with van der Waals surface area (Å²) in [4.78, 5) is 13.5. The SMILES string of the molecule is CSCCC(NS(=O)(=O)c1ccc(Cl)cc1)C(=O)NCc1cccs1. The van der Waals surface area contributed by atoms with Crippen LogP contribution in [-0.2, 0) is 21.4 Å². The van der Waals surface area contributed by atoms with Crippen LogP contribution in [0.25, 0.3) is 0 Å². The number of benzene rings is 1. The maximum absolute atomic E-state index is 12.5. The third kappa shape index (κ3) is 6.31. The van der Waals surface area contributed by atoms with Crippen molar-refractivity contribution in [2.24, 2.45) is 0 Å². The largest absolute Gasteiger partial charge is 0.350 e. The quantitative estimate of drug-likeness (QED) is 0.656. The van der Waals surface area contributed by atoms with E-state index >= 15 is 0 Å². The predicted molar refractivity (Wildman–Crippen MR) is 105 cm³/mol. The lowest BCUT2D eigenvalue weighted by Gasteiger charge is -2.18. The summed E-state index contributed by atoms with van der Waals surface area (Å²) in [7, 11) is -3.80. The third-order valence-electron chi connectivity index (χ3n) is 3.37. The molecule has 2 rings (SSSR count). The standard InChI is InChI=1S/C16H19ClN2O3S3/c1-23-10-8-15(16(20)18-11-13-3-2-9-24-13)19-25(21,22)14-6-4-12(17)5-7-14/h2-7,9,15,19H,8,10-11H2,1H3,(H,18,20). The molecule has 2 aromatic rings. The average molecular weight is 419 g/mol. The summed E-state index contributed by atoms with van der Waals surface area (Å²) in [6.07, 6.45) is 2.32. The van der Waals surface area contributed by atoms with Crippen molar-refractivity contribution in [3.63, 3.8) is 0 Å². The maximum atomic E-state index is 12.5. The molecule has 1 amide bonds. The van der Waals surface area contributed by atoms with Crippen molar-refractivity contribution in [3.05, 3.63) is 51.7 Å². The molecule has 136 valence electrons. The van der Waals surface area contributed by atoms with E-state index in [4.69, 9.17) is 11.6 Å². The van der Waals surface area contributed by atoms with Gasteiger partial charge in [0.05, 0.1) is 11.4 Å². The van der Waals surface area contributed by atoms with Crippen LogP contribution >= 0.6 is 34.7 Å². The first-order valence-electron chi connectivity index (χ1n) is 7.49. The number of rotatable bonds is 9. The van der Waals surface area contributed by atoms with Crippen molar-refractivity contribution >= 4 is 50.6 Å². The second kappa shape index (κ2) is 9.59. The summed E-state index contributed by atoms with van der Waals surface area (Å²) in [6, 6.07) is 8.83. The number of carbonyl (C=O) groups excluding carboxylic acids is 1. The van der Waals surface area contributed by atoms with Crippen molar-refractivity contribution in [2.45, 2.75) is 23.9 Å². The van der Waals surface area contributed by atoms with E-state index in [0.29, 0.717) is 23.7 Å². The number of hydrogen-bond acceptors (Lipinski definition) is 5. The Bertz CT molecular complexity index is 777. The molecule has 1 aromatic carbocycles. The number of carbonyl (C=O) groups is 1. The summed E-state index contributed by atoms with van der Waals surface area (Å²) >= 11 is 8.89. The lowest BCUT2D eigenvalue weighted by Crippen LogP contribution is -2.46. The molecule has 9 heteroatoms. The van der Waals surface area contributed by atoms with E-state index in [9.17, 15) is 13.2 Å². The van der Waals surface area contributed by atoms with Gasteiger partial charge in [0.2, 0.25) is 15.9 Å². The lowest BCUT2D eigenvalue weighted by molar-refractivity contribution is -0.122. The minimum Gasteiger partial charge on any atom is -0.350 e. The highest BCUT2D eigenvalue weighted by molar-refractivity contribution is 7.98. The van der Waals surface area contributed by atoms with Crippen molar-refractivity contribution < 1.29 is 13.2 Å². The first-order chi connectivity index (χ1) is 11.9.